The maximum Gasteiger partial charge on any atom is 0.211 e. The van der Waals surface area contributed by atoms with E-state index in [0.717, 1.165) is 54.4 Å². The number of hydrogen-bond donors (Lipinski definition) is 0. The SMILES string of the molecule is CS(=O)(=O)N1CCc2nc(-c3ccccc3)nc(N3CCCC3)c2C1. The first-order chi connectivity index (χ1) is 12.0. The quantitative estimate of drug-likeness (QED) is 0.840. The molecule has 1 aromatic carbocycles. The lowest BCUT2D eigenvalue weighted by molar-refractivity contribution is 0.390. The second-order valence-corrected chi connectivity index (χ2v) is 8.69. The molecule has 3 heterocycles. The highest BCUT2D eigenvalue weighted by molar-refractivity contribution is 7.88. The molecular weight excluding hydrogens is 336 g/mol. The van der Waals surface area contributed by atoms with Crippen molar-refractivity contribution < 1.29 is 8.42 Å². The predicted octanol–water partition coefficient (Wildman–Crippen LogP) is 2.06. The maximum absolute atomic E-state index is 12.0. The van der Waals surface area contributed by atoms with Gasteiger partial charge in [0.1, 0.15) is 5.82 Å². The van der Waals surface area contributed by atoms with Gasteiger partial charge >= 0.3 is 0 Å². The van der Waals surface area contributed by atoms with Crippen molar-refractivity contribution in [2.24, 2.45) is 0 Å². The molecule has 1 saturated heterocycles. The Morgan fingerprint density at radius 2 is 1.72 bits per heavy atom. The standard InChI is InChI=1S/C18H22N4O2S/c1-25(23,24)22-12-9-16-15(13-22)18(21-10-5-6-11-21)20-17(19-16)14-7-3-2-4-8-14/h2-4,7-8H,5-6,9-13H2,1H3. The minimum atomic E-state index is -3.21. The molecule has 6 nitrogen and oxygen atoms in total. The van der Waals surface area contributed by atoms with Crippen LogP contribution < -0.4 is 4.90 Å². The number of hydrogen-bond acceptors (Lipinski definition) is 5. The summed E-state index contributed by atoms with van der Waals surface area (Å²) in [6.07, 6.45) is 4.20. The molecule has 1 aromatic heterocycles. The Kier molecular flexibility index (Phi) is 4.21. The Hall–Kier alpha value is -1.99. The van der Waals surface area contributed by atoms with E-state index in [1.807, 2.05) is 30.3 Å². The Morgan fingerprint density at radius 3 is 2.40 bits per heavy atom. The number of aromatic nitrogens is 2. The van der Waals surface area contributed by atoms with E-state index in [0.29, 0.717) is 19.5 Å². The molecule has 0 radical (unpaired) electrons. The number of rotatable bonds is 3. The molecule has 0 amide bonds. The van der Waals surface area contributed by atoms with Crippen molar-refractivity contribution in [2.45, 2.75) is 25.8 Å². The first-order valence-corrected chi connectivity index (χ1v) is 10.5. The van der Waals surface area contributed by atoms with Crippen molar-refractivity contribution in [3.05, 3.63) is 41.6 Å². The van der Waals surface area contributed by atoms with E-state index >= 15 is 0 Å². The monoisotopic (exact) mass is 358 g/mol. The summed E-state index contributed by atoms with van der Waals surface area (Å²) in [4.78, 5) is 11.9. The van der Waals surface area contributed by atoms with Gasteiger partial charge in [0.15, 0.2) is 5.82 Å². The van der Waals surface area contributed by atoms with Gasteiger partial charge in [0.2, 0.25) is 10.0 Å². The Bertz CT molecular complexity index is 877. The van der Waals surface area contributed by atoms with Crippen molar-refractivity contribution in [1.29, 1.82) is 0 Å². The molecule has 0 atom stereocenters. The second kappa shape index (κ2) is 6.38. The summed E-state index contributed by atoms with van der Waals surface area (Å²) in [6.45, 7) is 2.79. The molecule has 2 aromatic rings. The van der Waals surface area contributed by atoms with Crippen molar-refractivity contribution >= 4 is 15.8 Å². The lowest BCUT2D eigenvalue weighted by Crippen LogP contribution is -2.37. The summed E-state index contributed by atoms with van der Waals surface area (Å²) in [5, 5.41) is 0. The third-order valence-corrected chi connectivity index (χ3v) is 6.16. The largest absolute Gasteiger partial charge is 0.356 e. The molecule has 0 spiro atoms. The van der Waals surface area contributed by atoms with Gasteiger partial charge < -0.3 is 4.90 Å². The molecule has 25 heavy (non-hydrogen) atoms. The minimum absolute atomic E-state index is 0.370. The average Bonchev–Trinajstić information content (AvgIpc) is 3.15. The normalized spacial score (nSPS) is 18.4. The molecule has 0 aliphatic carbocycles. The number of fused-ring (bicyclic) bond motifs is 1. The van der Waals surface area contributed by atoms with Gasteiger partial charge in [0.05, 0.1) is 11.9 Å². The molecule has 1 fully saturated rings. The molecular formula is C18H22N4O2S. The van der Waals surface area contributed by atoms with E-state index in [4.69, 9.17) is 9.97 Å². The summed E-state index contributed by atoms with van der Waals surface area (Å²) < 4.78 is 25.5. The van der Waals surface area contributed by atoms with Gasteiger partial charge in [-0.25, -0.2) is 18.4 Å². The van der Waals surface area contributed by atoms with Gasteiger partial charge in [-0.1, -0.05) is 30.3 Å². The molecule has 0 bridgehead atoms. The molecule has 4 rings (SSSR count). The van der Waals surface area contributed by atoms with Crippen molar-refractivity contribution in [3.63, 3.8) is 0 Å². The summed E-state index contributed by atoms with van der Waals surface area (Å²) in [7, 11) is -3.21. The minimum Gasteiger partial charge on any atom is -0.356 e. The van der Waals surface area contributed by atoms with Crippen LogP contribution in [-0.2, 0) is 23.0 Å². The van der Waals surface area contributed by atoms with Crippen molar-refractivity contribution in [1.82, 2.24) is 14.3 Å². The van der Waals surface area contributed by atoms with Gasteiger partial charge in [0.25, 0.3) is 0 Å². The van der Waals surface area contributed by atoms with E-state index in [1.165, 1.54) is 10.6 Å². The molecule has 7 heteroatoms. The van der Waals surface area contributed by atoms with Crippen LogP contribution >= 0.6 is 0 Å². The highest BCUT2D eigenvalue weighted by Gasteiger charge is 2.30. The zero-order valence-electron chi connectivity index (χ0n) is 14.4. The van der Waals surface area contributed by atoms with E-state index in [1.54, 1.807) is 0 Å². The topological polar surface area (TPSA) is 66.4 Å². The van der Waals surface area contributed by atoms with Crippen LogP contribution in [0, 0.1) is 0 Å². The van der Waals surface area contributed by atoms with E-state index < -0.39 is 10.0 Å². The zero-order chi connectivity index (χ0) is 17.4. The van der Waals surface area contributed by atoms with Crippen LogP contribution in [0.25, 0.3) is 11.4 Å². The van der Waals surface area contributed by atoms with Gasteiger partial charge in [-0.15, -0.1) is 0 Å². The fraction of sp³-hybridized carbons (Fsp3) is 0.444. The number of anilines is 1. The van der Waals surface area contributed by atoms with E-state index in [-0.39, 0.29) is 0 Å². The van der Waals surface area contributed by atoms with Crippen LogP contribution in [0.5, 0.6) is 0 Å². The molecule has 0 unspecified atom stereocenters. The molecule has 2 aliphatic rings. The summed E-state index contributed by atoms with van der Waals surface area (Å²) in [5.41, 5.74) is 2.95. The predicted molar refractivity (Wildman–Crippen MR) is 97.9 cm³/mol. The fourth-order valence-corrected chi connectivity index (χ4v) is 4.35. The van der Waals surface area contributed by atoms with Gasteiger partial charge in [-0.05, 0) is 12.8 Å². The highest BCUT2D eigenvalue weighted by atomic mass is 32.2. The molecule has 0 N–H and O–H groups in total. The van der Waals surface area contributed by atoms with Crippen LogP contribution in [0.2, 0.25) is 0 Å². The van der Waals surface area contributed by atoms with Crippen LogP contribution in [0.4, 0.5) is 5.82 Å². The molecule has 2 aliphatic heterocycles. The summed E-state index contributed by atoms with van der Waals surface area (Å²) in [6, 6.07) is 9.98. The number of sulfonamides is 1. The summed E-state index contributed by atoms with van der Waals surface area (Å²) >= 11 is 0. The van der Waals surface area contributed by atoms with Crippen molar-refractivity contribution in [3.8, 4) is 11.4 Å². The van der Waals surface area contributed by atoms with Gasteiger partial charge in [0, 0.05) is 43.7 Å². The highest BCUT2D eigenvalue weighted by Crippen LogP contribution is 2.32. The smallest absolute Gasteiger partial charge is 0.211 e. The second-order valence-electron chi connectivity index (χ2n) is 6.70. The Labute approximate surface area is 148 Å². The summed E-state index contributed by atoms with van der Waals surface area (Å²) in [5.74, 6) is 1.64. The molecule has 0 saturated carbocycles. The number of nitrogens with zero attached hydrogens (tertiary/aromatic N) is 4. The van der Waals surface area contributed by atoms with E-state index in [9.17, 15) is 8.42 Å². The van der Waals surface area contributed by atoms with Crippen LogP contribution in [-0.4, -0.2) is 48.6 Å². The lowest BCUT2D eigenvalue weighted by Gasteiger charge is -2.30. The van der Waals surface area contributed by atoms with Crippen molar-refractivity contribution in [2.75, 3.05) is 30.8 Å². The third-order valence-electron chi connectivity index (χ3n) is 4.91. The lowest BCUT2D eigenvalue weighted by atomic mass is 10.1. The first kappa shape index (κ1) is 16.5. The van der Waals surface area contributed by atoms with Crippen LogP contribution in [0.3, 0.4) is 0 Å². The average molecular weight is 358 g/mol. The van der Waals surface area contributed by atoms with E-state index in [2.05, 4.69) is 4.90 Å². The molecule has 132 valence electrons. The van der Waals surface area contributed by atoms with Crippen LogP contribution in [0.15, 0.2) is 30.3 Å². The Balaban J connectivity index is 1.81. The fourth-order valence-electron chi connectivity index (χ4n) is 3.56. The zero-order valence-corrected chi connectivity index (χ0v) is 15.2. The Morgan fingerprint density at radius 1 is 1.00 bits per heavy atom. The number of benzene rings is 1. The van der Waals surface area contributed by atoms with Gasteiger partial charge in [-0.3, -0.25) is 0 Å². The van der Waals surface area contributed by atoms with Gasteiger partial charge in [-0.2, -0.15) is 4.31 Å². The first-order valence-electron chi connectivity index (χ1n) is 8.67. The third kappa shape index (κ3) is 3.26. The van der Waals surface area contributed by atoms with Crippen LogP contribution in [0.1, 0.15) is 24.1 Å². The maximum atomic E-state index is 12.0.